The van der Waals surface area contributed by atoms with Crippen molar-refractivity contribution >= 4 is 23.1 Å². The monoisotopic (exact) mass is 504 g/mol. The maximum atomic E-state index is 13.1. The Labute approximate surface area is 217 Å². The van der Waals surface area contributed by atoms with E-state index in [9.17, 15) is 9.59 Å². The number of aryl methyl sites for hydroxylation is 2. The Morgan fingerprint density at radius 2 is 1.97 bits per heavy atom. The van der Waals surface area contributed by atoms with Gasteiger partial charge in [0.1, 0.15) is 11.1 Å². The number of rotatable bonds is 5. The maximum Gasteiger partial charge on any atom is 0.410 e. The van der Waals surface area contributed by atoms with Crippen LogP contribution in [0.25, 0.3) is 11.0 Å². The van der Waals surface area contributed by atoms with Crippen molar-refractivity contribution in [1.29, 1.82) is 0 Å². The van der Waals surface area contributed by atoms with Crippen molar-refractivity contribution in [2.24, 2.45) is 13.0 Å². The number of benzene rings is 2. The summed E-state index contributed by atoms with van der Waals surface area (Å²) in [4.78, 5) is 27.7. The fourth-order valence-corrected chi connectivity index (χ4v) is 6.01. The lowest BCUT2D eigenvalue weighted by molar-refractivity contribution is -0.143. The molecule has 1 saturated heterocycles. The first-order chi connectivity index (χ1) is 17.6. The lowest BCUT2D eigenvalue weighted by Gasteiger charge is -2.29. The van der Waals surface area contributed by atoms with Crippen LogP contribution in [0.15, 0.2) is 30.3 Å². The predicted octanol–water partition coefficient (Wildman–Crippen LogP) is 5.22. The zero-order valence-corrected chi connectivity index (χ0v) is 22.6. The summed E-state index contributed by atoms with van der Waals surface area (Å²) < 4.78 is 12.9. The largest absolute Gasteiger partial charge is 0.466 e. The van der Waals surface area contributed by atoms with Gasteiger partial charge < -0.3 is 14.4 Å². The number of nitrogens with zero attached hydrogens (tertiary/aromatic N) is 4. The minimum atomic E-state index is -0.542. The van der Waals surface area contributed by atoms with E-state index < -0.39 is 5.60 Å². The summed E-state index contributed by atoms with van der Waals surface area (Å²) in [6.07, 6.45) is 1.88. The zero-order chi connectivity index (χ0) is 26.5. The van der Waals surface area contributed by atoms with Crippen LogP contribution in [-0.4, -0.2) is 50.7 Å². The molecule has 3 unspecified atom stereocenters. The number of amides is 1. The van der Waals surface area contributed by atoms with Crippen molar-refractivity contribution in [2.45, 2.75) is 71.4 Å². The number of likely N-dealkylation sites (tertiary alicyclic amines) is 1. The molecule has 5 rings (SSSR count). The summed E-state index contributed by atoms with van der Waals surface area (Å²) in [7, 11) is 1.87. The van der Waals surface area contributed by atoms with Crippen molar-refractivity contribution in [1.82, 2.24) is 19.9 Å². The van der Waals surface area contributed by atoms with Gasteiger partial charge in [-0.3, -0.25) is 4.79 Å². The minimum absolute atomic E-state index is 0.00314. The molecule has 1 aromatic heterocycles. The van der Waals surface area contributed by atoms with Gasteiger partial charge in [0.15, 0.2) is 0 Å². The van der Waals surface area contributed by atoms with Gasteiger partial charge in [0.05, 0.1) is 24.6 Å². The van der Waals surface area contributed by atoms with E-state index >= 15 is 0 Å². The van der Waals surface area contributed by atoms with Gasteiger partial charge in [-0.25, -0.2) is 9.48 Å². The summed E-state index contributed by atoms with van der Waals surface area (Å²) >= 11 is 0. The van der Waals surface area contributed by atoms with E-state index in [-0.39, 0.29) is 30.4 Å². The lowest BCUT2D eigenvalue weighted by Crippen LogP contribution is -2.36. The molecule has 0 spiro atoms. The third-order valence-electron chi connectivity index (χ3n) is 7.65. The average Bonchev–Trinajstić information content (AvgIpc) is 3.51. The molecule has 1 fully saturated rings. The Morgan fingerprint density at radius 3 is 2.70 bits per heavy atom. The first kappa shape index (κ1) is 25.2. The Kier molecular flexibility index (Phi) is 6.46. The molecule has 2 aromatic carbocycles. The predicted molar refractivity (Wildman–Crippen MR) is 140 cm³/mol. The molecule has 196 valence electrons. The van der Waals surface area contributed by atoms with Crippen LogP contribution in [-0.2, 0) is 27.7 Å². The molecule has 1 aliphatic heterocycles. The number of carbonyl (C=O) groups excluding carboxylic acids is 2. The Morgan fingerprint density at radius 1 is 1.19 bits per heavy atom. The molecule has 0 saturated carbocycles. The minimum Gasteiger partial charge on any atom is -0.466 e. The second-order valence-electron chi connectivity index (χ2n) is 11.3. The van der Waals surface area contributed by atoms with Crippen LogP contribution in [0.5, 0.6) is 0 Å². The molecule has 8 heteroatoms. The third kappa shape index (κ3) is 4.69. The SMILES string of the molecule is CCOC(=O)CC(c1ccc2c(c1)C1C(CCN1C(=O)OC(C)(C)C)C2)c1ccc2c(nnn2C)c1C. The van der Waals surface area contributed by atoms with Crippen LogP contribution in [0, 0.1) is 12.8 Å². The number of esters is 1. The van der Waals surface area contributed by atoms with Crippen molar-refractivity contribution in [3.63, 3.8) is 0 Å². The number of carbonyl (C=O) groups is 2. The standard InChI is InChI=1S/C29H36N4O4/c1-7-36-25(34)16-22(21-10-11-24-26(17(21)2)30-31-32(24)6)19-9-8-18-14-20-12-13-33(27(20)23(18)15-19)28(35)37-29(3,4)5/h8-11,15,20,22,27H,7,12-14,16H2,1-6H3. The van der Waals surface area contributed by atoms with Gasteiger partial charge in [-0.1, -0.05) is 29.5 Å². The number of hydrogen-bond donors (Lipinski definition) is 0. The van der Waals surface area contributed by atoms with Gasteiger partial charge in [0.2, 0.25) is 0 Å². The van der Waals surface area contributed by atoms with E-state index in [0.717, 1.165) is 46.1 Å². The van der Waals surface area contributed by atoms with E-state index in [4.69, 9.17) is 9.47 Å². The van der Waals surface area contributed by atoms with Gasteiger partial charge in [-0.05, 0) is 87.3 Å². The number of fused-ring (bicyclic) bond motifs is 4. The molecule has 1 amide bonds. The van der Waals surface area contributed by atoms with Gasteiger partial charge in [-0.15, -0.1) is 5.10 Å². The molecule has 3 aromatic rings. The summed E-state index contributed by atoms with van der Waals surface area (Å²) in [5, 5.41) is 8.55. The third-order valence-corrected chi connectivity index (χ3v) is 7.65. The van der Waals surface area contributed by atoms with E-state index in [1.165, 1.54) is 5.56 Å². The van der Waals surface area contributed by atoms with Crippen LogP contribution in [0.4, 0.5) is 4.79 Å². The van der Waals surface area contributed by atoms with Crippen molar-refractivity contribution < 1.29 is 19.1 Å². The normalized spacial score (nSPS) is 19.6. The highest BCUT2D eigenvalue weighted by atomic mass is 16.6. The van der Waals surface area contributed by atoms with E-state index in [0.29, 0.717) is 19.1 Å². The first-order valence-electron chi connectivity index (χ1n) is 13.1. The fraction of sp³-hybridized carbons (Fsp3) is 0.517. The quantitative estimate of drug-likeness (QED) is 0.443. The second-order valence-corrected chi connectivity index (χ2v) is 11.3. The van der Waals surface area contributed by atoms with Crippen LogP contribution in [0.1, 0.15) is 80.3 Å². The molecule has 3 atom stereocenters. The Hall–Kier alpha value is -3.42. The van der Waals surface area contributed by atoms with Gasteiger partial charge in [0.25, 0.3) is 0 Å². The van der Waals surface area contributed by atoms with Gasteiger partial charge in [0, 0.05) is 19.5 Å². The van der Waals surface area contributed by atoms with E-state index in [2.05, 4.69) is 34.6 Å². The fourth-order valence-electron chi connectivity index (χ4n) is 6.01. The highest BCUT2D eigenvalue weighted by molar-refractivity contribution is 5.80. The average molecular weight is 505 g/mol. The molecule has 2 heterocycles. The van der Waals surface area contributed by atoms with Crippen molar-refractivity contribution in [3.05, 3.63) is 58.1 Å². The molecule has 8 nitrogen and oxygen atoms in total. The lowest BCUT2D eigenvalue weighted by atomic mass is 9.84. The molecule has 0 bridgehead atoms. The molecule has 37 heavy (non-hydrogen) atoms. The van der Waals surface area contributed by atoms with Crippen molar-refractivity contribution in [3.8, 4) is 0 Å². The molecular weight excluding hydrogens is 468 g/mol. The second kappa shape index (κ2) is 9.47. The molecular formula is C29H36N4O4. The van der Waals surface area contributed by atoms with Gasteiger partial charge in [-0.2, -0.15) is 0 Å². The smallest absolute Gasteiger partial charge is 0.410 e. The summed E-state index contributed by atoms with van der Waals surface area (Å²) in [6, 6.07) is 10.6. The van der Waals surface area contributed by atoms with E-state index in [1.807, 2.05) is 52.6 Å². The van der Waals surface area contributed by atoms with Crippen LogP contribution < -0.4 is 0 Å². The molecule has 0 radical (unpaired) electrons. The van der Waals surface area contributed by atoms with Gasteiger partial charge >= 0.3 is 12.1 Å². The zero-order valence-electron chi connectivity index (χ0n) is 22.6. The topological polar surface area (TPSA) is 86.6 Å². The number of aromatic nitrogens is 3. The summed E-state index contributed by atoms with van der Waals surface area (Å²) in [5.41, 5.74) is 6.75. The highest BCUT2D eigenvalue weighted by Crippen LogP contribution is 2.48. The molecule has 2 aliphatic rings. The van der Waals surface area contributed by atoms with Crippen molar-refractivity contribution in [2.75, 3.05) is 13.2 Å². The Bertz CT molecular complexity index is 1360. The van der Waals surface area contributed by atoms with Crippen LogP contribution >= 0.6 is 0 Å². The van der Waals surface area contributed by atoms with E-state index in [1.54, 1.807) is 4.68 Å². The highest BCUT2D eigenvalue weighted by Gasteiger charge is 2.45. The Balaban J connectivity index is 1.55. The first-order valence-corrected chi connectivity index (χ1v) is 13.1. The van der Waals surface area contributed by atoms with Crippen LogP contribution in [0.3, 0.4) is 0 Å². The summed E-state index contributed by atoms with van der Waals surface area (Å²) in [6.45, 7) is 10.6. The number of hydrogen-bond acceptors (Lipinski definition) is 6. The molecule has 0 N–H and O–H groups in total. The maximum absolute atomic E-state index is 13.1. The number of ether oxygens (including phenoxy) is 2. The van der Waals surface area contributed by atoms with Crippen LogP contribution in [0.2, 0.25) is 0 Å². The molecule has 1 aliphatic carbocycles. The summed E-state index contributed by atoms with van der Waals surface area (Å²) in [5.74, 6) is -0.0501.